The van der Waals surface area contributed by atoms with E-state index in [1.807, 2.05) is 0 Å². The molecule has 0 bridgehead atoms. The van der Waals surface area contributed by atoms with Gasteiger partial charge in [-0.1, -0.05) is 0 Å². The van der Waals surface area contributed by atoms with Gasteiger partial charge in [-0.2, -0.15) is 0 Å². The SMILES string of the molecule is Cl.Cl.O=C(NCCC1CCCNC1)C1CCN(c2cnccn2)CC1. The smallest absolute Gasteiger partial charge is 0.223 e. The monoisotopic (exact) mass is 389 g/mol. The Labute approximate surface area is 162 Å². The first-order valence-corrected chi connectivity index (χ1v) is 8.82. The molecule has 2 saturated heterocycles. The summed E-state index contributed by atoms with van der Waals surface area (Å²) < 4.78 is 0. The number of nitrogens with zero attached hydrogens (tertiary/aromatic N) is 3. The highest BCUT2D eigenvalue weighted by Crippen LogP contribution is 2.21. The molecular formula is C17H29Cl2N5O. The van der Waals surface area contributed by atoms with Gasteiger partial charge in [0.1, 0.15) is 5.82 Å². The molecule has 2 N–H and O–H groups in total. The van der Waals surface area contributed by atoms with E-state index in [4.69, 9.17) is 0 Å². The van der Waals surface area contributed by atoms with Gasteiger partial charge < -0.3 is 15.5 Å². The molecule has 3 rings (SSSR count). The van der Waals surface area contributed by atoms with Gasteiger partial charge >= 0.3 is 0 Å². The van der Waals surface area contributed by atoms with Crippen molar-refractivity contribution in [1.82, 2.24) is 20.6 Å². The predicted octanol–water partition coefficient (Wildman–Crippen LogP) is 2.04. The Morgan fingerprint density at radius 3 is 2.68 bits per heavy atom. The van der Waals surface area contributed by atoms with E-state index in [0.29, 0.717) is 0 Å². The Kier molecular flexibility index (Phi) is 10.1. The topological polar surface area (TPSA) is 70.2 Å². The van der Waals surface area contributed by atoms with E-state index in [-0.39, 0.29) is 36.6 Å². The van der Waals surface area contributed by atoms with Gasteiger partial charge in [-0.3, -0.25) is 9.78 Å². The summed E-state index contributed by atoms with van der Waals surface area (Å²) in [6.07, 6.45) is 10.6. The predicted molar refractivity (Wildman–Crippen MR) is 105 cm³/mol. The maximum absolute atomic E-state index is 12.3. The van der Waals surface area contributed by atoms with Gasteiger partial charge in [-0.15, -0.1) is 24.8 Å². The molecule has 8 heteroatoms. The summed E-state index contributed by atoms with van der Waals surface area (Å²) in [6, 6.07) is 0. The lowest BCUT2D eigenvalue weighted by atomic mass is 9.94. The number of piperidine rings is 2. The molecule has 25 heavy (non-hydrogen) atoms. The Balaban J connectivity index is 0.00000156. The molecule has 1 unspecified atom stereocenters. The first kappa shape index (κ1) is 21.9. The van der Waals surface area contributed by atoms with Crippen molar-refractivity contribution in [2.75, 3.05) is 37.6 Å². The van der Waals surface area contributed by atoms with E-state index < -0.39 is 0 Å². The van der Waals surface area contributed by atoms with Crippen LogP contribution in [-0.2, 0) is 4.79 Å². The average Bonchev–Trinajstić information content (AvgIpc) is 2.63. The number of aromatic nitrogens is 2. The number of carbonyl (C=O) groups excluding carboxylic acids is 1. The van der Waals surface area contributed by atoms with Crippen LogP contribution in [0.15, 0.2) is 18.6 Å². The van der Waals surface area contributed by atoms with Crippen LogP contribution in [0, 0.1) is 11.8 Å². The van der Waals surface area contributed by atoms with Gasteiger partial charge in [0.15, 0.2) is 0 Å². The largest absolute Gasteiger partial charge is 0.356 e. The normalized spacial score (nSPS) is 21.0. The molecule has 2 fully saturated rings. The van der Waals surface area contributed by atoms with Gasteiger partial charge in [0, 0.05) is 37.9 Å². The molecule has 2 aliphatic rings. The summed E-state index contributed by atoms with van der Waals surface area (Å²) >= 11 is 0. The quantitative estimate of drug-likeness (QED) is 0.805. The molecule has 0 spiro atoms. The molecule has 6 nitrogen and oxygen atoms in total. The number of hydrogen-bond donors (Lipinski definition) is 2. The second kappa shape index (κ2) is 11.5. The van der Waals surface area contributed by atoms with Crippen LogP contribution >= 0.6 is 24.8 Å². The third kappa shape index (κ3) is 6.60. The van der Waals surface area contributed by atoms with Gasteiger partial charge in [0.2, 0.25) is 5.91 Å². The Morgan fingerprint density at radius 2 is 2.04 bits per heavy atom. The molecule has 0 saturated carbocycles. The zero-order valence-corrected chi connectivity index (χ0v) is 16.2. The van der Waals surface area contributed by atoms with Crippen LogP contribution in [0.3, 0.4) is 0 Å². The van der Waals surface area contributed by atoms with Gasteiger partial charge in [0.25, 0.3) is 0 Å². The van der Waals surface area contributed by atoms with E-state index in [2.05, 4.69) is 25.5 Å². The number of anilines is 1. The summed E-state index contributed by atoms with van der Waals surface area (Å²) in [4.78, 5) is 23.0. The first-order valence-electron chi connectivity index (χ1n) is 8.82. The van der Waals surface area contributed by atoms with Crippen LogP contribution in [0.25, 0.3) is 0 Å². The number of hydrogen-bond acceptors (Lipinski definition) is 5. The minimum atomic E-state index is 0. The first-order chi connectivity index (χ1) is 11.3. The fraction of sp³-hybridized carbons (Fsp3) is 0.706. The van der Waals surface area contributed by atoms with Crippen molar-refractivity contribution in [3.8, 4) is 0 Å². The highest BCUT2D eigenvalue weighted by Gasteiger charge is 2.25. The number of nitrogens with one attached hydrogen (secondary N) is 2. The highest BCUT2D eigenvalue weighted by molar-refractivity contribution is 5.85. The highest BCUT2D eigenvalue weighted by atomic mass is 35.5. The molecule has 3 heterocycles. The van der Waals surface area contributed by atoms with Gasteiger partial charge in [0.05, 0.1) is 6.20 Å². The summed E-state index contributed by atoms with van der Waals surface area (Å²) in [5, 5.41) is 6.57. The van der Waals surface area contributed by atoms with Crippen LogP contribution in [0.4, 0.5) is 5.82 Å². The lowest BCUT2D eigenvalue weighted by Gasteiger charge is -2.32. The van der Waals surface area contributed by atoms with E-state index in [1.165, 1.54) is 12.8 Å². The van der Waals surface area contributed by atoms with Crippen molar-refractivity contribution in [3.05, 3.63) is 18.6 Å². The minimum absolute atomic E-state index is 0. The Bertz CT molecular complexity index is 491. The zero-order chi connectivity index (χ0) is 15.9. The van der Waals surface area contributed by atoms with E-state index in [0.717, 1.165) is 63.7 Å². The number of amides is 1. The summed E-state index contributed by atoms with van der Waals surface area (Å²) in [6.45, 7) is 4.82. The van der Waals surface area contributed by atoms with Crippen LogP contribution in [0.1, 0.15) is 32.1 Å². The van der Waals surface area contributed by atoms with Crippen molar-refractivity contribution in [2.24, 2.45) is 11.8 Å². The molecule has 0 radical (unpaired) electrons. The Morgan fingerprint density at radius 1 is 1.24 bits per heavy atom. The second-order valence-corrected chi connectivity index (χ2v) is 6.62. The van der Waals surface area contributed by atoms with Crippen LogP contribution in [0.5, 0.6) is 0 Å². The Hall–Kier alpha value is -1.11. The number of halogens is 2. The van der Waals surface area contributed by atoms with E-state index in [9.17, 15) is 4.79 Å². The van der Waals surface area contributed by atoms with Crippen molar-refractivity contribution in [2.45, 2.75) is 32.1 Å². The molecule has 1 aromatic rings. The zero-order valence-electron chi connectivity index (χ0n) is 14.5. The second-order valence-electron chi connectivity index (χ2n) is 6.62. The minimum Gasteiger partial charge on any atom is -0.356 e. The lowest BCUT2D eigenvalue weighted by Crippen LogP contribution is -2.41. The molecule has 0 aromatic carbocycles. The third-order valence-corrected chi connectivity index (χ3v) is 4.99. The average molecular weight is 390 g/mol. The molecule has 1 atom stereocenters. The van der Waals surface area contributed by atoms with Crippen LogP contribution < -0.4 is 15.5 Å². The van der Waals surface area contributed by atoms with Crippen molar-refractivity contribution >= 4 is 36.5 Å². The maximum Gasteiger partial charge on any atom is 0.223 e. The van der Waals surface area contributed by atoms with E-state index >= 15 is 0 Å². The molecule has 1 amide bonds. The van der Waals surface area contributed by atoms with Crippen molar-refractivity contribution in [1.29, 1.82) is 0 Å². The summed E-state index contributed by atoms with van der Waals surface area (Å²) in [5.41, 5.74) is 0. The van der Waals surface area contributed by atoms with Crippen molar-refractivity contribution < 1.29 is 4.79 Å². The number of carbonyl (C=O) groups is 1. The molecule has 1 aromatic heterocycles. The maximum atomic E-state index is 12.3. The fourth-order valence-electron chi connectivity index (χ4n) is 3.54. The molecule has 142 valence electrons. The number of rotatable bonds is 5. The van der Waals surface area contributed by atoms with Gasteiger partial charge in [-0.05, 0) is 51.1 Å². The molecular weight excluding hydrogens is 361 g/mol. The van der Waals surface area contributed by atoms with Crippen molar-refractivity contribution in [3.63, 3.8) is 0 Å². The van der Waals surface area contributed by atoms with Gasteiger partial charge in [-0.25, -0.2) is 4.98 Å². The standard InChI is InChI=1S/C17H27N5O.2ClH/c23-17(21-7-3-14-2-1-6-18-12-14)15-4-10-22(11-5-15)16-13-19-8-9-20-16;;/h8-9,13-15,18H,1-7,10-12H2,(H,21,23);2*1H. The van der Waals surface area contributed by atoms with Crippen LogP contribution in [0.2, 0.25) is 0 Å². The van der Waals surface area contributed by atoms with E-state index in [1.54, 1.807) is 18.6 Å². The summed E-state index contributed by atoms with van der Waals surface area (Å²) in [7, 11) is 0. The third-order valence-electron chi connectivity index (χ3n) is 4.99. The fourth-order valence-corrected chi connectivity index (χ4v) is 3.54. The summed E-state index contributed by atoms with van der Waals surface area (Å²) in [5.74, 6) is 2.01. The lowest BCUT2D eigenvalue weighted by molar-refractivity contribution is -0.125. The van der Waals surface area contributed by atoms with Crippen LogP contribution in [-0.4, -0.2) is 48.6 Å². The molecule has 0 aliphatic carbocycles. The molecule has 2 aliphatic heterocycles.